The molecule has 0 aromatic heterocycles. The molecule has 3 heteroatoms. The molecule has 0 radical (unpaired) electrons. The maximum atomic E-state index is 11.9. The zero-order valence-corrected chi connectivity index (χ0v) is 13.2. The summed E-state index contributed by atoms with van der Waals surface area (Å²) in [6, 6.07) is 7.68. The molecule has 21 heavy (non-hydrogen) atoms. The van der Waals surface area contributed by atoms with Crippen molar-refractivity contribution in [2.45, 2.75) is 65.2 Å². The van der Waals surface area contributed by atoms with E-state index in [1.54, 1.807) is 6.07 Å². The quantitative estimate of drug-likeness (QED) is 0.653. The highest BCUT2D eigenvalue weighted by molar-refractivity contribution is 5.92. The Morgan fingerprint density at radius 3 is 2.48 bits per heavy atom. The SMILES string of the molecule is CCCCCCCCCC(=O)Nc1cccc(C)c1C#N. The van der Waals surface area contributed by atoms with E-state index in [2.05, 4.69) is 18.3 Å². The minimum Gasteiger partial charge on any atom is -0.325 e. The highest BCUT2D eigenvalue weighted by atomic mass is 16.1. The Balaban J connectivity index is 2.29. The third-order valence-electron chi connectivity index (χ3n) is 3.67. The van der Waals surface area contributed by atoms with Crippen LogP contribution in [0.25, 0.3) is 0 Å². The molecule has 0 saturated carbocycles. The molecule has 0 saturated heterocycles. The van der Waals surface area contributed by atoms with E-state index in [0.29, 0.717) is 17.7 Å². The van der Waals surface area contributed by atoms with Gasteiger partial charge in [-0.05, 0) is 25.0 Å². The number of nitrogens with zero attached hydrogens (tertiary/aromatic N) is 1. The molecule has 114 valence electrons. The summed E-state index contributed by atoms with van der Waals surface area (Å²) in [5.41, 5.74) is 2.09. The van der Waals surface area contributed by atoms with Gasteiger partial charge in [-0.1, -0.05) is 57.6 Å². The van der Waals surface area contributed by atoms with Gasteiger partial charge in [0.05, 0.1) is 11.3 Å². The summed E-state index contributed by atoms with van der Waals surface area (Å²) < 4.78 is 0. The summed E-state index contributed by atoms with van der Waals surface area (Å²) in [5, 5.41) is 12.0. The molecule has 1 aromatic rings. The van der Waals surface area contributed by atoms with Crippen molar-refractivity contribution < 1.29 is 4.79 Å². The van der Waals surface area contributed by atoms with Gasteiger partial charge in [-0.15, -0.1) is 0 Å². The largest absolute Gasteiger partial charge is 0.325 e. The average Bonchev–Trinajstić information content (AvgIpc) is 2.46. The van der Waals surface area contributed by atoms with Gasteiger partial charge in [0.15, 0.2) is 0 Å². The van der Waals surface area contributed by atoms with Crippen molar-refractivity contribution in [2.24, 2.45) is 0 Å². The van der Waals surface area contributed by atoms with Gasteiger partial charge in [0.25, 0.3) is 0 Å². The fraction of sp³-hybridized carbons (Fsp3) is 0.556. The first-order valence-electron chi connectivity index (χ1n) is 7.98. The van der Waals surface area contributed by atoms with Crippen molar-refractivity contribution >= 4 is 11.6 Å². The average molecular weight is 286 g/mol. The van der Waals surface area contributed by atoms with E-state index in [4.69, 9.17) is 5.26 Å². The van der Waals surface area contributed by atoms with Crippen LogP contribution < -0.4 is 5.32 Å². The third-order valence-corrected chi connectivity index (χ3v) is 3.67. The van der Waals surface area contributed by atoms with Crippen LogP contribution in [0.3, 0.4) is 0 Å². The molecule has 0 spiro atoms. The van der Waals surface area contributed by atoms with Crippen LogP contribution in [-0.2, 0) is 4.79 Å². The molecule has 1 N–H and O–H groups in total. The monoisotopic (exact) mass is 286 g/mol. The Labute approximate surface area is 128 Å². The van der Waals surface area contributed by atoms with Crippen LogP contribution in [-0.4, -0.2) is 5.91 Å². The second kappa shape index (κ2) is 9.99. The Morgan fingerprint density at radius 2 is 1.81 bits per heavy atom. The number of aryl methyl sites for hydroxylation is 1. The number of carbonyl (C=O) groups is 1. The number of rotatable bonds is 9. The lowest BCUT2D eigenvalue weighted by atomic mass is 10.1. The summed E-state index contributed by atoms with van der Waals surface area (Å²) in [6.07, 6.45) is 8.92. The molecule has 0 bridgehead atoms. The van der Waals surface area contributed by atoms with Crippen molar-refractivity contribution in [1.29, 1.82) is 5.26 Å². The minimum atomic E-state index is 0.00524. The first-order valence-corrected chi connectivity index (χ1v) is 7.98. The number of carbonyl (C=O) groups excluding carboxylic acids is 1. The predicted octanol–water partition coefficient (Wildman–Crippen LogP) is 4.95. The first-order chi connectivity index (χ1) is 10.2. The summed E-state index contributed by atoms with van der Waals surface area (Å²) in [5.74, 6) is 0.00524. The van der Waals surface area contributed by atoms with E-state index >= 15 is 0 Å². The van der Waals surface area contributed by atoms with Gasteiger partial charge in [-0.2, -0.15) is 5.26 Å². The molecule has 0 unspecified atom stereocenters. The summed E-state index contributed by atoms with van der Waals surface area (Å²) in [7, 11) is 0. The second-order valence-corrected chi connectivity index (χ2v) is 5.53. The van der Waals surface area contributed by atoms with Gasteiger partial charge in [0.2, 0.25) is 5.91 Å². The predicted molar refractivity (Wildman–Crippen MR) is 87.1 cm³/mol. The topological polar surface area (TPSA) is 52.9 Å². The smallest absolute Gasteiger partial charge is 0.224 e. The number of nitrogens with one attached hydrogen (secondary N) is 1. The third kappa shape index (κ3) is 6.44. The molecule has 0 atom stereocenters. The van der Waals surface area contributed by atoms with E-state index < -0.39 is 0 Å². The van der Waals surface area contributed by atoms with Crippen LogP contribution >= 0.6 is 0 Å². The number of amides is 1. The fourth-order valence-electron chi connectivity index (χ4n) is 2.38. The van der Waals surface area contributed by atoms with Crippen molar-refractivity contribution in [2.75, 3.05) is 5.32 Å². The van der Waals surface area contributed by atoms with Crippen LogP contribution in [0.2, 0.25) is 0 Å². The zero-order valence-electron chi connectivity index (χ0n) is 13.2. The van der Waals surface area contributed by atoms with Crippen LogP contribution in [0.4, 0.5) is 5.69 Å². The van der Waals surface area contributed by atoms with Crippen molar-refractivity contribution in [3.05, 3.63) is 29.3 Å². The van der Waals surface area contributed by atoms with E-state index in [1.165, 1.54) is 32.1 Å². The molecule has 0 aliphatic heterocycles. The molecule has 0 fully saturated rings. The number of anilines is 1. The van der Waals surface area contributed by atoms with Gasteiger partial charge in [0, 0.05) is 6.42 Å². The molecule has 1 aromatic carbocycles. The van der Waals surface area contributed by atoms with Gasteiger partial charge in [-0.25, -0.2) is 0 Å². The fourth-order valence-corrected chi connectivity index (χ4v) is 2.38. The molecule has 1 amide bonds. The molecule has 0 aliphatic rings. The molecule has 0 aliphatic carbocycles. The Bertz CT molecular complexity index is 488. The maximum absolute atomic E-state index is 11.9. The van der Waals surface area contributed by atoms with E-state index in [-0.39, 0.29) is 5.91 Å². The maximum Gasteiger partial charge on any atom is 0.224 e. The molecule has 3 nitrogen and oxygen atoms in total. The lowest BCUT2D eigenvalue weighted by molar-refractivity contribution is -0.116. The number of nitriles is 1. The lowest BCUT2D eigenvalue weighted by Gasteiger charge is -2.08. The Morgan fingerprint density at radius 1 is 1.14 bits per heavy atom. The standard InChI is InChI=1S/C18H26N2O/c1-3-4-5-6-7-8-9-13-18(21)20-17-12-10-11-15(2)16(17)14-19/h10-12H,3-9,13H2,1-2H3,(H,20,21). The lowest BCUT2D eigenvalue weighted by Crippen LogP contribution is -2.12. The number of hydrogen-bond donors (Lipinski definition) is 1. The molecular formula is C18H26N2O. The summed E-state index contributed by atoms with van der Waals surface area (Å²) >= 11 is 0. The van der Waals surface area contributed by atoms with Gasteiger partial charge >= 0.3 is 0 Å². The van der Waals surface area contributed by atoms with E-state index in [0.717, 1.165) is 18.4 Å². The summed E-state index contributed by atoms with van der Waals surface area (Å²) in [6.45, 7) is 4.09. The van der Waals surface area contributed by atoms with E-state index in [9.17, 15) is 4.79 Å². The van der Waals surface area contributed by atoms with Gasteiger partial charge in [0.1, 0.15) is 6.07 Å². The number of unbranched alkanes of at least 4 members (excludes halogenated alkanes) is 6. The molecular weight excluding hydrogens is 260 g/mol. The van der Waals surface area contributed by atoms with Crippen molar-refractivity contribution in [1.82, 2.24) is 0 Å². The highest BCUT2D eigenvalue weighted by Gasteiger charge is 2.08. The van der Waals surface area contributed by atoms with Gasteiger partial charge in [-0.3, -0.25) is 4.79 Å². The molecule has 1 rings (SSSR count). The number of benzene rings is 1. The van der Waals surface area contributed by atoms with Crippen LogP contribution in [0.15, 0.2) is 18.2 Å². The van der Waals surface area contributed by atoms with Crippen LogP contribution in [0.5, 0.6) is 0 Å². The summed E-state index contributed by atoms with van der Waals surface area (Å²) in [4.78, 5) is 11.9. The van der Waals surface area contributed by atoms with Crippen LogP contribution in [0.1, 0.15) is 69.4 Å². The van der Waals surface area contributed by atoms with Gasteiger partial charge < -0.3 is 5.32 Å². The highest BCUT2D eigenvalue weighted by Crippen LogP contribution is 2.19. The van der Waals surface area contributed by atoms with Crippen LogP contribution in [0, 0.1) is 18.3 Å². The zero-order chi connectivity index (χ0) is 15.5. The first kappa shape index (κ1) is 17.2. The Hall–Kier alpha value is -1.82. The van der Waals surface area contributed by atoms with Crippen molar-refractivity contribution in [3.8, 4) is 6.07 Å². The molecule has 0 heterocycles. The van der Waals surface area contributed by atoms with Crippen molar-refractivity contribution in [3.63, 3.8) is 0 Å². The normalized spacial score (nSPS) is 10.1. The minimum absolute atomic E-state index is 0.00524. The second-order valence-electron chi connectivity index (χ2n) is 5.53. The van der Waals surface area contributed by atoms with E-state index in [1.807, 2.05) is 19.1 Å². The number of hydrogen-bond acceptors (Lipinski definition) is 2. The Kier molecular flexibility index (Phi) is 8.19.